The van der Waals surface area contributed by atoms with Gasteiger partial charge in [-0.25, -0.2) is 8.42 Å². The zero-order chi connectivity index (χ0) is 14.6. The third kappa shape index (κ3) is 4.05. The lowest BCUT2D eigenvalue weighted by molar-refractivity contribution is 0.0554. The van der Waals surface area contributed by atoms with E-state index in [1.807, 2.05) is 0 Å². The van der Waals surface area contributed by atoms with Crippen LogP contribution in [-0.2, 0) is 14.8 Å². The van der Waals surface area contributed by atoms with E-state index in [1.165, 1.54) is 32.4 Å². The molecule has 1 atom stereocenters. The maximum atomic E-state index is 12.3. The fourth-order valence-electron chi connectivity index (χ4n) is 1.49. The Bertz CT molecular complexity index is 535. The summed E-state index contributed by atoms with van der Waals surface area (Å²) in [6.45, 7) is -0.0534. The minimum atomic E-state index is -3.80. The Morgan fingerprint density at radius 3 is 2.63 bits per heavy atom. The minimum absolute atomic E-state index is 0.0303. The second kappa shape index (κ2) is 6.88. The molecule has 0 saturated carbocycles. The first-order valence-corrected chi connectivity index (χ1v) is 7.57. The second-order valence-electron chi connectivity index (χ2n) is 3.95. The highest BCUT2D eigenvalue weighted by molar-refractivity contribution is 7.89. The molecule has 0 amide bonds. The predicted octanol–water partition coefficient (Wildman–Crippen LogP) is 1.62. The molecule has 0 bridgehead atoms. The lowest BCUT2D eigenvalue weighted by Gasteiger charge is -2.20. The van der Waals surface area contributed by atoms with E-state index < -0.39 is 16.1 Å². The molecular weight excluding hydrogens is 313 g/mol. The van der Waals surface area contributed by atoms with Crippen LogP contribution in [0.5, 0.6) is 0 Å². The van der Waals surface area contributed by atoms with Crippen LogP contribution in [0.2, 0.25) is 10.0 Å². The van der Waals surface area contributed by atoms with Crippen LogP contribution < -0.4 is 0 Å². The first-order chi connectivity index (χ1) is 8.80. The van der Waals surface area contributed by atoms with Gasteiger partial charge in [-0.3, -0.25) is 0 Å². The third-order valence-electron chi connectivity index (χ3n) is 2.43. The third-order valence-corrected chi connectivity index (χ3v) is 5.23. The number of hydrogen-bond acceptors (Lipinski definition) is 4. The van der Waals surface area contributed by atoms with Crippen molar-refractivity contribution in [3.63, 3.8) is 0 Å². The zero-order valence-electron chi connectivity index (χ0n) is 10.5. The van der Waals surface area contributed by atoms with Crippen LogP contribution in [0, 0.1) is 0 Å². The Balaban J connectivity index is 3.00. The first kappa shape index (κ1) is 16.7. The number of nitrogens with zero attached hydrogens (tertiary/aromatic N) is 1. The van der Waals surface area contributed by atoms with Gasteiger partial charge in [-0.1, -0.05) is 29.3 Å². The quantitative estimate of drug-likeness (QED) is 0.862. The molecule has 0 aliphatic rings. The molecule has 0 fully saturated rings. The van der Waals surface area contributed by atoms with Crippen molar-refractivity contribution >= 4 is 33.2 Å². The first-order valence-electron chi connectivity index (χ1n) is 5.38. The Morgan fingerprint density at radius 1 is 1.42 bits per heavy atom. The van der Waals surface area contributed by atoms with Crippen molar-refractivity contribution in [3.8, 4) is 0 Å². The largest absolute Gasteiger partial charge is 0.389 e. The van der Waals surface area contributed by atoms with Crippen molar-refractivity contribution in [1.82, 2.24) is 4.31 Å². The van der Waals surface area contributed by atoms with E-state index in [2.05, 4.69) is 0 Å². The van der Waals surface area contributed by atoms with Gasteiger partial charge in [-0.05, 0) is 12.1 Å². The summed E-state index contributed by atoms with van der Waals surface area (Å²) < 4.78 is 30.3. The predicted molar refractivity (Wildman–Crippen MR) is 74.2 cm³/mol. The van der Waals surface area contributed by atoms with Crippen LogP contribution in [0.25, 0.3) is 0 Å². The van der Waals surface area contributed by atoms with Gasteiger partial charge in [-0.2, -0.15) is 4.31 Å². The summed E-state index contributed by atoms with van der Waals surface area (Å²) in [7, 11) is -1.03. The highest BCUT2D eigenvalue weighted by Gasteiger charge is 2.26. The molecule has 0 radical (unpaired) electrons. The number of sulfonamides is 1. The summed E-state index contributed by atoms with van der Waals surface area (Å²) >= 11 is 11.7. The number of rotatable bonds is 6. The zero-order valence-corrected chi connectivity index (χ0v) is 12.8. The number of likely N-dealkylation sites (N-methyl/N-ethyl adjacent to an activating group) is 1. The molecule has 1 unspecified atom stereocenters. The van der Waals surface area contributed by atoms with Crippen LogP contribution in [0.15, 0.2) is 23.1 Å². The fourth-order valence-corrected chi connectivity index (χ4v) is 3.43. The summed E-state index contributed by atoms with van der Waals surface area (Å²) in [6.07, 6.45) is -0.914. The molecule has 0 saturated heterocycles. The lowest BCUT2D eigenvalue weighted by atomic mass is 10.4. The Labute approximate surface area is 122 Å². The second-order valence-corrected chi connectivity index (χ2v) is 6.75. The molecular formula is C11H15Cl2NO4S. The number of methoxy groups -OCH3 is 1. The van der Waals surface area contributed by atoms with Gasteiger partial charge in [0.25, 0.3) is 0 Å². The Kier molecular flexibility index (Phi) is 6.04. The molecule has 5 nitrogen and oxygen atoms in total. The standard InChI is InChI=1S/C11H15Cl2NO4S/c1-14(6-8(15)7-18-2)19(16,17)10-5-3-4-9(12)11(10)13/h3-5,8,15H,6-7H2,1-2H3. The van der Waals surface area contributed by atoms with E-state index in [-0.39, 0.29) is 28.1 Å². The van der Waals surface area contributed by atoms with E-state index in [9.17, 15) is 13.5 Å². The van der Waals surface area contributed by atoms with Crippen molar-refractivity contribution < 1.29 is 18.3 Å². The average Bonchev–Trinajstić information content (AvgIpc) is 2.32. The van der Waals surface area contributed by atoms with Crippen molar-refractivity contribution in [3.05, 3.63) is 28.2 Å². The van der Waals surface area contributed by atoms with E-state index >= 15 is 0 Å². The maximum absolute atomic E-state index is 12.3. The number of benzene rings is 1. The average molecular weight is 328 g/mol. The molecule has 1 aromatic carbocycles. The van der Waals surface area contributed by atoms with E-state index in [1.54, 1.807) is 0 Å². The molecule has 0 aliphatic heterocycles. The summed E-state index contributed by atoms with van der Waals surface area (Å²) in [5, 5.41) is 9.69. The Morgan fingerprint density at radius 2 is 2.05 bits per heavy atom. The van der Waals surface area contributed by atoms with Gasteiger partial charge < -0.3 is 9.84 Å². The normalized spacial score (nSPS) is 13.8. The van der Waals surface area contributed by atoms with Gasteiger partial charge in [0.2, 0.25) is 10.0 Å². The summed E-state index contributed by atoms with van der Waals surface area (Å²) in [5.41, 5.74) is 0. The Hall–Kier alpha value is -0.370. The van der Waals surface area contributed by atoms with Gasteiger partial charge in [-0.15, -0.1) is 0 Å². The van der Waals surface area contributed by atoms with Crippen LogP contribution in [0.3, 0.4) is 0 Å². The topological polar surface area (TPSA) is 66.8 Å². The lowest BCUT2D eigenvalue weighted by Crippen LogP contribution is -2.36. The number of halogens is 2. The molecule has 1 N–H and O–H groups in total. The molecule has 0 spiro atoms. The molecule has 19 heavy (non-hydrogen) atoms. The molecule has 0 aromatic heterocycles. The number of hydrogen-bond donors (Lipinski definition) is 1. The SMILES string of the molecule is COCC(O)CN(C)S(=O)(=O)c1cccc(Cl)c1Cl. The minimum Gasteiger partial charge on any atom is -0.389 e. The summed E-state index contributed by atoms with van der Waals surface area (Å²) in [4.78, 5) is -0.0891. The van der Waals surface area contributed by atoms with Gasteiger partial charge in [0.1, 0.15) is 4.90 Å². The fraction of sp³-hybridized carbons (Fsp3) is 0.455. The van der Waals surface area contributed by atoms with Crippen LogP contribution in [0.1, 0.15) is 0 Å². The maximum Gasteiger partial charge on any atom is 0.244 e. The van der Waals surface area contributed by atoms with Crippen molar-refractivity contribution in [2.75, 3.05) is 27.3 Å². The number of ether oxygens (including phenoxy) is 1. The molecule has 108 valence electrons. The van der Waals surface area contributed by atoms with Crippen molar-refractivity contribution in [2.45, 2.75) is 11.0 Å². The summed E-state index contributed by atoms with van der Waals surface area (Å²) in [6, 6.07) is 4.37. The molecule has 8 heteroatoms. The van der Waals surface area contributed by atoms with Crippen LogP contribution in [0.4, 0.5) is 0 Å². The number of aliphatic hydroxyl groups excluding tert-OH is 1. The smallest absolute Gasteiger partial charge is 0.244 e. The number of aliphatic hydroxyl groups is 1. The van der Waals surface area contributed by atoms with Gasteiger partial charge in [0.15, 0.2) is 0 Å². The van der Waals surface area contributed by atoms with E-state index in [0.29, 0.717) is 0 Å². The van der Waals surface area contributed by atoms with Crippen molar-refractivity contribution in [2.24, 2.45) is 0 Å². The van der Waals surface area contributed by atoms with E-state index in [4.69, 9.17) is 27.9 Å². The molecule has 1 aromatic rings. The van der Waals surface area contributed by atoms with E-state index in [0.717, 1.165) is 4.31 Å². The van der Waals surface area contributed by atoms with Crippen LogP contribution >= 0.6 is 23.2 Å². The van der Waals surface area contributed by atoms with Gasteiger partial charge in [0.05, 0.1) is 22.8 Å². The highest BCUT2D eigenvalue weighted by atomic mass is 35.5. The van der Waals surface area contributed by atoms with Crippen molar-refractivity contribution in [1.29, 1.82) is 0 Å². The van der Waals surface area contributed by atoms with Gasteiger partial charge >= 0.3 is 0 Å². The molecule has 1 rings (SSSR count). The molecule has 0 aliphatic carbocycles. The summed E-state index contributed by atoms with van der Waals surface area (Å²) in [5.74, 6) is 0. The monoisotopic (exact) mass is 327 g/mol. The molecule has 0 heterocycles. The van der Waals surface area contributed by atoms with Crippen LogP contribution in [-0.4, -0.2) is 51.2 Å². The highest BCUT2D eigenvalue weighted by Crippen LogP contribution is 2.30. The van der Waals surface area contributed by atoms with Gasteiger partial charge in [0, 0.05) is 20.7 Å².